The summed E-state index contributed by atoms with van der Waals surface area (Å²) in [5.74, 6) is -0.790. The molecule has 1 atom stereocenters. The first-order chi connectivity index (χ1) is 7.37. The quantitative estimate of drug-likeness (QED) is 0.605. The standard InChI is InChI=1S/C9H17NO5S/c1-7(8(12)15-2)16(13,14)10-5-9(6-11)3-4-9/h7,10-11H,3-6H2,1-2H3. The average molecular weight is 251 g/mol. The average Bonchev–Trinajstić information content (AvgIpc) is 3.05. The van der Waals surface area contributed by atoms with Gasteiger partial charge in [-0.2, -0.15) is 0 Å². The van der Waals surface area contributed by atoms with Gasteiger partial charge in [0.15, 0.2) is 5.25 Å². The van der Waals surface area contributed by atoms with Gasteiger partial charge in [0.05, 0.1) is 7.11 Å². The number of carbonyl (C=O) groups is 1. The van der Waals surface area contributed by atoms with Crippen molar-refractivity contribution in [1.29, 1.82) is 0 Å². The van der Waals surface area contributed by atoms with E-state index in [1.165, 1.54) is 6.92 Å². The lowest BCUT2D eigenvalue weighted by atomic mass is 10.1. The third-order valence-electron chi connectivity index (χ3n) is 2.94. The van der Waals surface area contributed by atoms with Gasteiger partial charge in [-0.1, -0.05) is 0 Å². The number of rotatable bonds is 6. The van der Waals surface area contributed by atoms with E-state index in [9.17, 15) is 13.2 Å². The van der Waals surface area contributed by atoms with Crippen LogP contribution in [0.2, 0.25) is 0 Å². The van der Waals surface area contributed by atoms with Crippen molar-refractivity contribution in [3.8, 4) is 0 Å². The van der Waals surface area contributed by atoms with Gasteiger partial charge in [0.25, 0.3) is 0 Å². The van der Waals surface area contributed by atoms with Crippen LogP contribution >= 0.6 is 0 Å². The summed E-state index contributed by atoms with van der Waals surface area (Å²) in [5, 5.41) is 7.79. The second kappa shape index (κ2) is 4.68. The molecule has 1 fully saturated rings. The molecule has 1 unspecified atom stereocenters. The van der Waals surface area contributed by atoms with Gasteiger partial charge in [-0.25, -0.2) is 13.1 Å². The van der Waals surface area contributed by atoms with Crippen LogP contribution in [0.1, 0.15) is 19.8 Å². The van der Waals surface area contributed by atoms with Gasteiger partial charge in [0.2, 0.25) is 10.0 Å². The molecule has 1 aliphatic carbocycles. The fourth-order valence-electron chi connectivity index (χ4n) is 1.24. The summed E-state index contributed by atoms with van der Waals surface area (Å²) < 4.78 is 30.0. The van der Waals surface area contributed by atoms with Crippen molar-refractivity contribution in [3.05, 3.63) is 0 Å². The van der Waals surface area contributed by atoms with Crippen molar-refractivity contribution < 1.29 is 23.1 Å². The first-order valence-electron chi connectivity index (χ1n) is 5.04. The molecule has 0 aromatic rings. The van der Waals surface area contributed by atoms with E-state index < -0.39 is 21.2 Å². The van der Waals surface area contributed by atoms with Crippen molar-refractivity contribution in [2.24, 2.45) is 5.41 Å². The highest BCUT2D eigenvalue weighted by molar-refractivity contribution is 7.90. The molecule has 1 rings (SSSR count). The van der Waals surface area contributed by atoms with Gasteiger partial charge in [-0.3, -0.25) is 4.79 Å². The van der Waals surface area contributed by atoms with E-state index in [4.69, 9.17) is 5.11 Å². The molecule has 0 aliphatic heterocycles. The molecule has 0 bridgehead atoms. The van der Waals surface area contributed by atoms with Crippen LogP contribution < -0.4 is 4.72 Å². The van der Waals surface area contributed by atoms with Crippen LogP contribution in [0.3, 0.4) is 0 Å². The number of methoxy groups -OCH3 is 1. The largest absolute Gasteiger partial charge is 0.468 e. The van der Waals surface area contributed by atoms with Crippen molar-refractivity contribution >= 4 is 16.0 Å². The predicted octanol–water partition coefficient (Wildman–Crippen LogP) is -0.760. The number of aliphatic hydroxyl groups is 1. The molecule has 0 amide bonds. The molecule has 0 aromatic heterocycles. The normalized spacial score (nSPS) is 20.2. The maximum absolute atomic E-state index is 11.6. The summed E-state index contributed by atoms with van der Waals surface area (Å²) in [6.07, 6.45) is 1.61. The van der Waals surface area contributed by atoms with Crippen molar-refractivity contribution in [2.45, 2.75) is 25.0 Å². The second-order valence-corrected chi connectivity index (χ2v) is 6.28. The number of aliphatic hydroxyl groups excluding tert-OH is 1. The highest BCUT2D eigenvalue weighted by Gasteiger charge is 2.43. The summed E-state index contributed by atoms with van der Waals surface area (Å²) in [5.41, 5.74) is -0.317. The summed E-state index contributed by atoms with van der Waals surface area (Å²) in [4.78, 5) is 11.1. The lowest BCUT2D eigenvalue weighted by Gasteiger charge is -2.15. The van der Waals surface area contributed by atoms with Gasteiger partial charge in [-0.15, -0.1) is 0 Å². The minimum atomic E-state index is -3.71. The van der Waals surface area contributed by atoms with Crippen LogP contribution in [-0.4, -0.2) is 45.0 Å². The Hall–Kier alpha value is -0.660. The highest BCUT2D eigenvalue weighted by Crippen LogP contribution is 2.44. The zero-order valence-corrected chi connectivity index (χ0v) is 10.2. The van der Waals surface area contributed by atoms with E-state index >= 15 is 0 Å². The van der Waals surface area contributed by atoms with E-state index in [0.29, 0.717) is 0 Å². The summed E-state index contributed by atoms with van der Waals surface area (Å²) >= 11 is 0. The molecule has 1 saturated carbocycles. The third-order valence-corrected chi connectivity index (χ3v) is 4.61. The van der Waals surface area contributed by atoms with Crippen molar-refractivity contribution in [2.75, 3.05) is 20.3 Å². The Morgan fingerprint density at radius 1 is 1.56 bits per heavy atom. The van der Waals surface area contributed by atoms with Crippen LogP contribution in [-0.2, 0) is 19.6 Å². The first-order valence-corrected chi connectivity index (χ1v) is 6.59. The van der Waals surface area contributed by atoms with E-state index in [2.05, 4.69) is 9.46 Å². The highest BCUT2D eigenvalue weighted by atomic mass is 32.2. The summed E-state index contributed by atoms with van der Waals surface area (Å²) in [6, 6.07) is 0. The van der Waals surface area contributed by atoms with Gasteiger partial charge >= 0.3 is 5.97 Å². The molecule has 0 aromatic carbocycles. The van der Waals surface area contributed by atoms with E-state index in [-0.39, 0.29) is 18.6 Å². The third kappa shape index (κ3) is 2.93. The maximum Gasteiger partial charge on any atom is 0.325 e. The van der Waals surface area contributed by atoms with Gasteiger partial charge in [0.1, 0.15) is 0 Å². The lowest BCUT2D eigenvalue weighted by Crippen LogP contribution is -2.41. The number of esters is 1. The summed E-state index contributed by atoms with van der Waals surface area (Å²) in [7, 11) is -2.57. The topological polar surface area (TPSA) is 92.7 Å². The maximum atomic E-state index is 11.6. The minimum Gasteiger partial charge on any atom is -0.468 e. The molecule has 7 heteroatoms. The fourth-order valence-corrected chi connectivity index (χ4v) is 2.35. The molecule has 6 nitrogen and oxygen atoms in total. The van der Waals surface area contributed by atoms with E-state index in [1.807, 2.05) is 0 Å². The predicted molar refractivity (Wildman–Crippen MR) is 57.2 cm³/mol. The van der Waals surface area contributed by atoms with Gasteiger partial charge in [0, 0.05) is 18.6 Å². The van der Waals surface area contributed by atoms with Crippen LogP contribution in [0.25, 0.3) is 0 Å². The number of nitrogens with one attached hydrogen (secondary N) is 1. The van der Waals surface area contributed by atoms with Crippen LogP contribution in [0, 0.1) is 5.41 Å². The number of hydrogen-bond donors (Lipinski definition) is 2. The monoisotopic (exact) mass is 251 g/mol. The van der Waals surface area contributed by atoms with Gasteiger partial charge < -0.3 is 9.84 Å². The number of ether oxygens (including phenoxy) is 1. The zero-order valence-electron chi connectivity index (χ0n) is 9.39. The van der Waals surface area contributed by atoms with Crippen molar-refractivity contribution in [1.82, 2.24) is 4.72 Å². The molecular formula is C9H17NO5S. The van der Waals surface area contributed by atoms with E-state index in [1.54, 1.807) is 0 Å². The summed E-state index contributed by atoms with van der Waals surface area (Å²) in [6.45, 7) is 1.40. The first kappa shape index (κ1) is 13.4. The smallest absolute Gasteiger partial charge is 0.325 e. The SMILES string of the molecule is COC(=O)C(C)S(=O)(=O)NCC1(CO)CC1. The Labute approximate surface area is 95.0 Å². The zero-order chi connectivity index (χ0) is 12.4. The Bertz CT molecular complexity index is 360. The van der Waals surface area contributed by atoms with Gasteiger partial charge in [-0.05, 0) is 19.8 Å². The number of sulfonamides is 1. The lowest BCUT2D eigenvalue weighted by molar-refractivity contribution is -0.139. The van der Waals surface area contributed by atoms with E-state index in [0.717, 1.165) is 20.0 Å². The Kier molecular flexibility index (Phi) is 3.92. The molecule has 0 heterocycles. The Morgan fingerprint density at radius 2 is 2.12 bits per heavy atom. The van der Waals surface area contributed by atoms with Crippen LogP contribution in [0.4, 0.5) is 0 Å². The Morgan fingerprint density at radius 3 is 2.50 bits per heavy atom. The number of carbonyl (C=O) groups excluding carboxylic acids is 1. The molecular weight excluding hydrogens is 234 g/mol. The molecule has 1 aliphatic rings. The van der Waals surface area contributed by atoms with Crippen LogP contribution in [0.5, 0.6) is 0 Å². The Balaban J connectivity index is 2.55. The molecule has 0 radical (unpaired) electrons. The molecule has 0 saturated heterocycles. The van der Waals surface area contributed by atoms with Crippen LogP contribution in [0.15, 0.2) is 0 Å². The number of hydrogen-bond acceptors (Lipinski definition) is 5. The van der Waals surface area contributed by atoms with Crippen molar-refractivity contribution in [3.63, 3.8) is 0 Å². The molecule has 16 heavy (non-hydrogen) atoms. The molecule has 2 N–H and O–H groups in total. The molecule has 0 spiro atoms. The minimum absolute atomic E-state index is 0.0396. The fraction of sp³-hybridized carbons (Fsp3) is 0.889. The molecule has 94 valence electrons. The second-order valence-electron chi connectivity index (χ2n) is 4.19.